The Morgan fingerprint density at radius 1 is 1.24 bits per heavy atom. The maximum absolute atomic E-state index is 11.2. The van der Waals surface area contributed by atoms with Crippen LogP contribution in [0.3, 0.4) is 0 Å². The minimum atomic E-state index is -1.22. The number of rotatable bonds is 5. The van der Waals surface area contributed by atoms with Gasteiger partial charge >= 0.3 is 0 Å². The zero-order chi connectivity index (χ0) is 18.0. The summed E-state index contributed by atoms with van der Waals surface area (Å²) in [6.45, 7) is 1.82. The molecule has 0 fully saturated rings. The van der Waals surface area contributed by atoms with Crippen molar-refractivity contribution in [2.24, 2.45) is 0 Å². The number of non-ortho nitro benzene ring substituents is 1. The van der Waals surface area contributed by atoms with Crippen LogP contribution < -0.4 is 5.32 Å². The van der Waals surface area contributed by atoms with Gasteiger partial charge in [0.1, 0.15) is 11.1 Å². The number of nitro groups is 1. The molecule has 2 N–H and O–H groups in total. The summed E-state index contributed by atoms with van der Waals surface area (Å²) in [5.74, 6) is 0. The standard InChI is InChI=1S/C18H16ClN3O3/c1-18(23,13-6-2-3-7-14(13)19)11-21-15-8-9-16(22(24)25)12-5-4-10-20-17(12)15/h2-10,21,23H,11H2,1H3. The number of aliphatic hydroxyl groups is 1. The molecule has 0 aliphatic carbocycles. The molecule has 0 aliphatic rings. The van der Waals surface area contributed by atoms with Gasteiger partial charge in [-0.15, -0.1) is 0 Å². The van der Waals surface area contributed by atoms with Gasteiger partial charge in [0, 0.05) is 29.4 Å². The van der Waals surface area contributed by atoms with Gasteiger partial charge in [-0.1, -0.05) is 29.8 Å². The molecule has 128 valence electrons. The Morgan fingerprint density at radius 2 is 2.00 bits per heavy atom. The van der Waals surface area contributed by atoms with Crippen LogP contribution in [0.4, 0.5) is 11.4 Å². The Bertz CT molecular complexity index is 944. The largest absolute Gasteiger partial charge is 0.384 e. The van der Waals surface area contributed by atoms with E-state index in [0.717, 1.165) is 0 Å². The fraction of sp³-hybridized carbons (Fsp3) is 0.167. The first-order chi connectivity index (χ1) is 11.9. The summed E-state index contributed by atoms with van der Waals surface area (Å²) in [7, 11) is 0. The van der Waals surface area contributed by atoms with Crippen LogP contribution in [0.1, 0.15) is 12.5 Å². The highest BCUT2D eigenvalue weighted by Crippen LogP contribution is 2.32. The van der Waals surface area contributed by atoms with Crippen LogP contribution in [0.15, 0.2) is 54.7 Å². The first-order valence-corrected chi connectivity index (χ1v) is 8.01. The maximum Gasteiger partial charge on any atom is 0.278 e. The summed E-state index contributed by atoms with van der Waals surface area (Å²) in [6.07, 6.45) is 1.57. The SMILES string of the molecule is CC(O)(CNc1ccc([N+](=O)[O-])c2cccnc12)c1ccccc1Cl. The van der Waals surface area contributed by atoms with Crippen molar-refractivity contribution >= 4 is 33.9 Å². The Morgan fingerprint density at radius 3 is 2.72 bits per heavy atom. The van der Waals surface area contributed by atoms with Gasteiger partial charge in [0.15, 0.2) is 0 Å². The lowest BCUT2D eigenvalue weighted by molar-refractivity contribution is -0.383. The first-order valence-electron chi connectivity index (χ1n) is 7.63. The van der Waals surface area contributed by atoms with Gasteiger partial charge in [-0.2, -0.15) is 0 Å². The van der Waals surface area contributed by atoms with Crippen molar-refractivity contribution in [2.75, 3.05) is 11.9 Å². The number of hydrogen-bond donors (Lipinski definition) is 2. The molecule has 0 spiro atoms. The number of nitrogens with one attached hydrogen (secondary N) is 1. The Labute approximate surface area is 149 Å². The highest BCUT2D eigenvalue weighted by atomic mass is 35.5. The second-order valence-corrected chi connectivity index (χ2v) is 6.30. The van der Waals surface area contributed by atoms with E-state index in [4.69, 9.17) is 11.6 Å². The summed E-state index contributed by atoms with van der Waals surface area (Å²) in [4.78, 5) is 15.0. The van der Waals surface area contributed by atoms with E-state index in [9.17, 15) is 15.2 Å². The Kier molecular flexibility index (Phi) is 4.57. The number of anilines is 1. The average Bonchev–Trinajstić information content (AvgIpc) is 2.59. The molecule has 0 saturated heterocycles. The monoisotopic (exact) mass is 357 g/mol. The minimum absolute atomic E-state index is 0.00786. The molecular formula is C18H16ClN3O3. The summed E-state index contributed by atoms with van der Waals surface area (Å²) in [5, 5.41) is 26.0. The van der Waals surface area contributed by atoms with E-state index in [-0.39, 0.29) is 12.2 Å². The summed E-state index contributed by atoms with van der Waals surface area (Å²) in [5.41, 5.74) is 0.455. The lowest BCUT2D eigenvalue weighted by atomic mass is 9.95. The summed E-state index contributed by atoms with van der Waals surface area (Å²) in [6, 6.07) is 13.4. The topological polar surface area (TPSA) is 88.3 Å². The molecule has 1 atom stereocenters. The Balaban J connectivity index is 1.93. The van der Waals surface area contributed by atoms with Crippen LogP contribution in [0.5, 0.6) is 0 Å². The van der Waals surface area contributed by atoms with Crippen LogP contribution in [0, 0.1) is 10.1 Å². The van der Waals surface area contributed by atoms with E-state index < -0.39 is 10.5 Å². The van der Waals surface area contributed by atoms with Crippen LogP contribution in [0.25, 0.3) is 10.9 Å². The lowest BCUT2D eigenvalue weighted by Gasteiger charge is -2.26. The van der Waals surface area contributed by atoms with Crippen molar-refractivity contribution in [3.05, 3.63) is 75.4 Å². The second kappa shape index (κ2) is 6.66. The molecule has 1 heterocycles. The van der Waals surface area contributed by atoms with Crippen molar-refractivity contribution < 1.29 is 10.0 Å². The minimum Gasteiger partial charge on any atom is -0.384 e. The van der Waals surface area contributed by atoms with Crippen LogP contribution in [-0.2, 0) is 5.60 Å². The summed E-state index contributed by atoms with van der Waals surface area (Å²) >= 11 is 6.17. The van der Waals surface area contributed by atoms with Crippen LogP contribution in [0.2, 0.25) is 5.02 Å². The molecule has 25 heavy (non-hydrogen) atoms. The number of pyridine rings is 1. The van der Waals surface area contributed by atoms with E-state index in [1.807, 2.05) is 0 Å². The highest BCUT2D eigenvalue weighted by molar-refractivity contribution is 6.31. The fourth-order valence-corrected chi connectivity index (χ4v) is 3.06. The molecule has 1 aromatic heterocycles. The smallest absolute Gasteiger partial charge is 0.278 e. The molecule has 0 bridgehead atoms. The van der Waals surface area contributed by atoms with Crippen molar-refractivity contribution in [1.82, 2.24) is 4.98 Å². The molecule has 6 nitrogen and oxygen atoms in total. The quantitative estimate of drug-likeness (QED) is 0.529. The number of fused-ring (bicyclic) bond motifs is 1. The maximum atomic E-state index is 11.2. The third-order valence-corrected chi connectivity index (χ3v) is 4.35. The molecule has 0 aliphatic heterocycles. The zero-order valence-corrected chi connectivity index (χ0v) is 14.2. The number of halogens is 1. The fourth-order valence-electron chi connectivity index (χ4n) is 2.72. The molecule has 0 saturated carbocycles. The van der Waals surface area contributed by atoms with Gasteiger partial charge in [0.2, 0.25) is 0 Å². The zero-order valence-electron chi connectivity index (χ0n) is 13.4. The van der Waals surface area contributed by atoms with Crippen LogP contribution >= 0.6 is 11.6 Å². The van der Waals surface area contributed by atoms with E-state index in [1.54, 1.807) is 55.6 Å². The van der Waals surface area contributed by atoms with Crippen molar-refractivity contribution in [3.8, 4) is 0 Å². The number of aromatic nitrogens is 1. The molecule has 0 radical (unpaired) electrons. The van der Waals surface area contributed by atoms with E-state index >= 15 is 0 Å². The van der Waals surface area contributed by atoms with Gasteiger partial charge in [-0.05, 0) is 31.2 Å². The highest BCUT2D eigenvalue weighted by Gasteiger charge is 2.26. The van der Waals surface area contributed by atoms with Gasteiger partial charge in [0.25, 0.3) is 5.69 Å². The predicted octanol–water partition coefficient (Wildman–Crippen LogP) is 4.12. The first kappa shape index (κ1) is 17.1. The van der Waals surface area contributed by atoms with Crippen molar-refractivity contribution in [1.29, 1.82) is 0 Å². The number of nitro benzene ring substituents is 1. The number of nitrogens with zero attached hydrogens (tertiary/aromatic N) is 2. The predicted molar refractivity (Wildman–Crippen MR) is 97.9 cm³/mol. The van der Waals surface area contributed by atoms with E-state index in [0.29, 0.717) is 27.2 Å². The molecular weight excluding hydrogens is 342 g/mol. The molecule has 0 amide bonds. The van der Waals surface area contributed by atoms with Gasteiger partial charge < -0.3 is 10.4 Å². The second-order valence-electron chi connectivity index (χ2n) is 5.90. The third kappa shape index (κ3) is 3.40. The average molecular weight is 358 g/mol. The van der Waals surface area contributed by atoms with E-state index in [2.05, 4.69) is 10.3 Å². The van der Waals surface area contributed by atoms with Crippen molar-refractivity contribution in [2.45, 2.75) is 12.5 Å². The summed E-state index contributed by atoms with van der Waals surface area (Å²) < 4.78 is 0. The van der Waals surface area contributed by atoms with Gasteiger partial charge in [0.05, 0.1) is 16.0 Å². The molecule has 2 aromatic carbocycles. The molecule has 3 rings (SSSR count). The molecule has 1 unspecified atom stereocenters. The Hall–Kier alpha value is -2.70. The number of hydrogen-bond acceptors (Lipinski definition) is 5. The van der Waals surface area contributed by atoms with Gasteiger partial charge in [-0.3, -0.25) is 15.1 Å². The lowest BCUT2D eigenvalue weighted by Crippen LogP contribution is -2.31. The normalized spacial score (nSPS) is 13.4. The van der Waals surface area contributed by atoms with Gasteiger partial charge in [-0.25, -0.2) is 0 Å². The molecule has 7 heteroatoms. The third-order valence-electron chi connectivity index (χ3n) is 4.02. The molecule has 3 aromatic rings. The van der Waals surface area contributed by atoms with Crippen LogP contribution in [-0.4, -0.2) is 21.6 Å². The van der Waals surface area contributed by atoms with Crippen molar-refractivity contribution in [3.63, 3.8) is 0 Å². The number of benzene rings is 2. The van der Waals surface area contributed by atoms with E-state index in [1.165, 1.54) is 6.07 Å².